The predicted molar refractivity (Wildman–Crippen MR) is 56.2 cm³/mol. The number of aromatic hydroxyl groups is 1. The molecule has 1 aromatic rings. The maximum Gasteiger partial charge on any atom is 0.127 e. The molecular formula is C12H17FO. The summed E-state index contributed by atoms with van der Waals surface area (Å²) in [6, 6.07) is 2.76. The average molecular weight is 196 g/mol. The highest BCUT2D eigenvalue weighted by Crippen LogP contribution is 2.34. The van der Waals surface area contributed by atoms with Crippen molar-refractivity contribution < 1.29 is 9.50 Å². The van der Waals surface area contributed by atoms with E-state index in [4.69, 9.17) is 0 Å². The van der Waals surface area contributed by atoms with Crippen LogP contribution < -0.4 is 0 Å². The Bertz CT molecular complexity index is 296. The smallest absolute Gasteiger partial charge is 0.127 e. The molecule has 0 bridgehead atoms. The molecule has 78 valence electrons. The normalized spacial score (nSPS) is 11.4. The van der Waals surface area contributed by atoms with Crippen LogP contribution in [0.25, 0.3) is 0 Å². The molecule has 0 atom stereocenters. The van der Waals surface area contributed by atoms with E-state index in [9.17, 15) is 9.50 Å². The fourth-order valence-electron chi connectivity index (χ4n) is 1.79. The third-order valence-electron chi connectivity index (χ3n) is 2.37. The molecule has 0 amide bonds. The van der Waals surface area contributed by atoms with Crippen LogP contribution in [0.15, 0.2) is 12.1 Å². The van der Waals surface area contributed by atoms with Gasteiger partial charge in [-0.1, -0.05) is 27.7 Å². The Morgan fingerprint density at radius 2 is 1.50 bits per heavy atom. The Morgan fingerprint density at radius 1 is 1.00 bits per heavy atom. The lowest BCUT2D eigenvalue weighted by Gasteiger charge is -2.17. The van der Waals surface area contributed by atoms with Gasteiger partial charge in [0.2, 0.25) is 0 Å². The first-order chi connectivity index (χ1) is 6.45. The summed E-state index contributed by atoms with van der Waals surface area (Å²) in [5, 5.41) is 9.67. The van der Waals surface area contributed by atoms with Gasteiger partial charge in [0.05, 0.1) is 0 Å². The van der Waals surface area contributed by atoms with E-state index in [0.717, 1.165) is 5.56 Å². The summed E-state index contributed by atoms with van der Waals surface area (Å²) in [4.78, 5) is 0. The van der Waals surface area contributed by atoms with Gasteiger partial charge in [-0.3, -0.25) is 0 Å². The maximum absolute atomic E-state index is 13.5. The molecule has 0 aliphatic carbocycles. The van der Waals surface area contributed by atoms with Gasteiger partial charge in [-0.15, -0.1) is 0 Å². The zero-order valence-electron chi connectivity index (χ0n) is 9.13. The van der Waals surface area contributed by atoms with E-state index >= 15 is 0 Å². The van der Waals surface area contributed by atoms with E-state index in [1.54, 1.807) is 0 Å². The van der Waals surface area contributed by atoms with Gasteiger partial charge < -0.3 is 5.11 Å². The van der Waals surface area contributed by atoms with Crippen molar-refractivity contribution in [3.8, 4) is 5.75 Å². The van der Waals surface area contributed by atoms with Crippen molar-refractivity contribution in [1.29, 1.82) is 0 Å². The van der Waals surface area contributed by atoms with E-state index in [0.29, 0.717) is 5.56 Å². The molecule has 1 aromatic carbocycles. The second kappa shape index (κ2) is 3.99. The maximum atomic E-state index is 13.5. The molecule has 0 spiro atoms. The summed E-state index contributed by atoms with van der Waals surface area (Å²) >= 11 is 0. The first-order valence-electron chi connectivity index (χ1n) is 4.96. The topological polar surface area (TPSA) is 20.2 Å². The summed E-state index contributed by atoms with van der Waals surface area (Å²) in [6.07, 6.45) is 0. The van der Waals surface area contributed by atoms with Gasteiger partial charge in [-0.2, -0.15) is 0 Å². The van der Waals surface area contributed by atoms with E-state index < -0.39 is 0 Å². The van der Waals surface area contributed by atoms with Crippen LogP contribution in [0, 0.1) is 5.82 Å². The van der Waals surface area contributed by atoms with Gasteiger partial charge in [-0.25, -0.2) is 4.39 Å². The molecule has 0 aliphatic rings. The van der Waals surface area contributed by atoms with Crippen LogP contribution in [0.5, 0.6) is 5.75 Å². The molecule has 0 radical (unpaired) electrons. The largest absolute Gasteiger partial charge is 0.508 e. The van der Waals surface area contributed by atoms with Crippen LogP contribution in [0.2, 0.25) is 0 Å². The van der Waals surface area contributed by atoms with Crippen LogP contribution in [0.1, 0.15) is 50.7 Å². The fourth-order valence-corrected chi connectivity index (χ4v) is 1.79. The lowest BCUT2D eigenvalue weighted by atomic mass is 9.89. The summed E-state index contributed by atoms with van der Waals surface area (Å²) < 4.78 is 13.5. The molecule has 0 fully saturated rings. The standard InChI is InChI=1S/C12H17FO/c1-7(2)11-9(13)5-6-10(14)12(11)8(3)4/h5-8,14H,1-4H3. The molecule has 0 aliphatic heterocycles. The van der Waals surface area contributed by atoms with E-state index in [1.165, 1.54) is 12.1 Å². The predicted octanol–water partition coefficient (Wildman–Crippen LogP) is 3.78. The summed E-state index contributed by atoms with van der Waals surface area (Å²) in [5.41, 5.74) is 1.38. The summed E-state index contributed by atoms with van der Waals surface area (Å²) in [6.45, 7) is 7.79. The van der Waals surface area contributed by atoms with Crippen molar-refractivity contribution in [3.05, 3.63) is 29.1 Å². The molecule has 0 saturated heterocycles. The number of hydrogen-bond acceptors (Lipinski definition) is 1. The van der Waals surface area contributed by atoms with Gasteiger partial charge in [-0.05, 0) is 29.5 Å². The van der Waals surface area contributed by atoms with Crippen molar-refractivity contribution in [2.24, 2.45) is 0 Å². The highest BCUT2D eigenvalue weighted by atomic mass is 19.1. The van der Waals surface area contributed by atoms with Gasteiger partial charge in [0, 0.05) is 5.56 Å². The minimum atomic E-state index is -0.221. The minimum Gasteiger partial charge on any atom is -0.508 e. The third kappa shape index (κ3) is 1.89. The molecule has 14 heavy (non-hydrogen) atoms. The van der Waals surface area contributed by atoms with Crippen LogP contribution >= 0.6 is 0 Å². The van der Waals surface area contributed by atoms with Crippen LogP contribution in [0.4, 0.5) is 4.39 Å². The Hall–Kier alpha value is -1.05. The number of hydrogen-bond donors (Lipinski definition) is 1. The first kappa shape index (κ1) is 11.0. The molecule has 1 rings (SSSR count). The van der Waals surface area contributed by atoms with Crippen molar-refractivity contribution in [1.82, 2.24) is 0 Å². The molecule has 2 heteroatoms. The van der Waals surface area contributed by atoms with E-state index in [2.05, 4.69) is 0 Å². The highest BCUT2D eigenvalue weighted by Gasteiger charge is 2.18. The summed E-state index contributed by atoms with van der Waals surface area (Å²) in [7, 11) is 0. The number of halogens is 1. The number of phenolic OH excluding ortho intramolecular Hbond substituents is 1. The molecule has 0 unspecified atom stereocenters. The Kier molecular flexibility index (Phi) is 3.14. The quantitative estimate of drug-likeness (QED) is 0.763. The van der Waals surface area contributed by atoms with Crippen molar-refractivity contribution >= 4 is 0 Å². The van der Waals surface area contributed by atoms with Gasteiger partial charge in [0.15, 0.2) is 0 Å². The summed E-state index contributed by atoms with van der Waals surface area (Å²) in [5.74, 6) is 0.217. The van der Waals surface area contributed by atoms with Crippen molar-refractivity contribution in [3.63, 3.8) is 0 Å². The second-order valence-electron chi connectivity index (χ2n) is 4.20. The van der Waals surface area contributed by atoms with E-state index in [-0.39, 0.29) is 23.4 Å². The van der Waals surface area contributed by atoms with E-state index in [1.807, 2.05) is 27.7 Å². The first-order valence-corrected chi connectivity index (χ1v) is 4.96. The highest BCUT2D eigenvalue weighted by molar-refractivity contribution is 5.43. The van der Waals surface area contributed by atoms with Crippen LogP contribution in [0.3, 0.4) is 0 Å². The Labute approximate surface area is 84.6 Å². The number of benzene rings is 1. The van der Waals surface area contributed by atoms with Gasteiger partial charge in [0.1, 0.15) is 11.6 Å². The molecule has 1 N–H and O–H groups in total. The zero-order chi connectivity index (χ0) is 10.9. The lowest BCUT2D eigenvalue weighted by Crippen LogP contribution is -2.02. The Morgan fingerprint density at radius 3 is 1.86 bits per heavy atom. The number of phenols is 1. The second-order valence-corrected chi connectivity index (χ2v) is 4.20. The monoisotopic (exact) mass is 196 g/mol. The Balaban J connectivity index is 3.42. The SMILES string of the molecule is CC(C)c1c(O)ccc(F)c1C(C)C. The minimum absolute atomic E-state index is 0.0968. The van der Waals surface area contributed by atoms with Crippen LogP contribution in [-0.2, 0) is 0 Å². The molecule has 0 heterocycles. The molecular weight excluding hydrogens is 179 g/mol. The number of rotatable bonds is 2. The molecule has 1 nitrogen and oxygen atoms in total. The third-order valence-corrected chi connectivity index (χ3v) is 2.37. The van der Waals surface area contributed by atoms with Crippen molar-refractivity contribution in [2.45, 2.75) is 39.5 Å². The molecule has 0 saturated carbocycles. The average Bonchev–Trinajstić information content (AvgIpc) is 2.07. The van der Waals surface area contributed by atoms with Gasteiger partial charge in [0.25, 0.3) is 0 Å². The van der Waals surface area contributed by atoms with Crippen molar-refractivity contribution in [2.75, 3.05) is 0 Å². The zero-order valence-corrected chi connectivity index (χ0v) is 9.13. The fraction of sp³-hybridized carbons (Fsp3) is 0.500. The van der Waals surface area contributed by atoms with Crippen LogP contribution in [-0.4, -0.2) is 5.11 Å². The lowest BCUT2D eigenvalue weighted by molar-refractivity contribution is 0.457. The van der Waals surface area contributed by atoms with Gasteiger partial charge >= 0.3 is 0 Å². The molecule has 0 aromatic heterocycles.